The van der Waals surface area contributed by atoms with E-state index in [0.29, 0.717) is 5.56 Å². The molecular formula is C13H4Cl6F2O. The third kappa shape index (κ3) is 3.50. The maximum atomic E-state index is 12.2. The lowest BCUT2D eigenvalue weighted by Gasteiger charge is -2.14. The Labute approximate surface area is 154 Å². The van der Waals surface area contributed by atoms with Gasteiger partial charge in [0.25, 0.3) is 0 Å². The summed E-state index contributed by atoms with van der Waals surface area (Å²) in [5.74, 6) is -0.109. The molecule has 2 rings (SSSR count). The number of halogens is 8. The van der Waals surface area contributed by atoms with Crippen LogP contribution >= 0.6 is 69.6 Å². The van der Waals surface area contributed by atoms with E-state index in [1.54, 1.807) is 0 Å². The first-order valence-electron chi connectivity index (χ1n) is 5.50. The Balaban J connectivity index is 2.63. The fourth-order valence-electron chi connectivity index (χ4n) is 1.72. The second-order valence-corrected chi connectivity index (χ2v) is 6.26. The molecule has 2 aromatic carbocycles. The summed E-state index contributed by atoms with van der Waals surface area (Å²) in [5, 5.41) is 0.205. The molecule has 0 unspecified atom stereocenters. The van der Waals surface area contributed by atoms with Gasteiger partial charge in [-0.3, -0.25) is 0 Å². The van der Waals surface area contributed by atoms with E-state index >= 15 is 0 Å². The predicted octanol–water partition coefficient (Wildman–Crippen LogP) is 7.88. The van der Waals surface area contributed by atoms with E-state index < -0.39 is 6.61 Å². The second-order valence-electron chi connectivity index (χ2n) is 3.97. The largest absolute Gasteiger partial charge is 0.435 e. The van der Waals surface area contributed by atoms with Crippen LogP contribution in [0.4, 0.5) is 8.78 Å². The van der Waals surface area contributed by atoms with Gasteiger partial charge in [-0.2, -0.15) is 8.78 Å². The van der Waals surface area contributed by atoms with Crippen LogP contribution in [0.3, 0.4) is 0 Å². The van der Waals surface area contributed by atoms with Crippen molar-refractivity contribution in [3.05, 3.63) is 48.3 Å². The quantitative estimate of drug-likeness (QED) is 0.358. The Kier molecular flexibility index (Phi) is 5.92. The molecule has 0 saturated carbocycles. The van der Waals surface area contributed by atoms with Gasteiger partial charge in [-0.25, -0.2) is 0 Å². The molecule has 2 aromatic rings. The molecule has 0 heterocycles. The zero-order valence-electron chi connectivity index (χ0n) is 10.2. The second kappa shape index (κ2) is 7.16. The number of benzene rings is 2. The predicted molar refractivity (Wildman–Crippen MR) is 88.6 cm³/mol. The molecule has 0 aliphatic carbocycles. The molecule has 0 bridgehead atoms. The summed E-state index contributed by atoms with van der Waals surface area (Å²) in [7, 11) is 0. The first-order chi connectivity index (χ1) is 10.2. The van der Waals surface area contributed by atoms with Crippen molar-refractivity contribution in [2.45, 2.75) is 6.61 Å². The van der Waals surface area contributed by atoms with Crippen LogP contribution in [0.2, 0.25) is 30.1 Å². The monoisotopic (exact) mass is 424 g/mol. The normalized spacial score (nSPS) is 11.1. The fraction of sp³-hybridized carbons (Fsp3) is 0.0769. The standard InChI is InChI=1S/C13H4Cl6F2O/c14-6-3-4(22-13(20)21)1-2-5(6)7-8(15)10(17)12(19)11(18)9(7)16/h1-3,13H. The van der Waals surface area contributed by atoms with Gasteiger partial charge in [-0.05, 0) is 18.2 Å². The van der Waals surface area contributed by atoms with Crippen LogP contribution < -0.4 is 4.74 Å². The molecule has 0 fully saturated rings. The summed E-state index contributed by atoms with van der Waals surface area (Å²) >= 11 is 36.2. The van der Waals surface area contributed by atoms with Crippen LogP contribution in [0.15, 0.2) is 18.2 Å². The molecule has 22 heavy (non-hydrogen) atoms. The molecule has 1 nitrogen and oxygen atoms in total. The molecule has 0 amide bonds. The third-order valence-corrected chi connectivity index (χ3v) is 5.23. The van der Waals surface area contributed by atoms with Gasteiger partial charge in [0.2, 0.25) is 0 Å². The van der Waals surface area contributed by atoms with Crippen LogP contribution in [0.1, 0.15) is 0 Å². The lowest BCUT2D eigenvalue weighted by atomic mass is 10.1. The Morgan fingerprint density at radius 1 is 0.773 bits per heavy atom. The fourth-order valence-corrected chi connectivity index (χ4v) is 3.32. The summed E-state index contributed by atoms with van der Waals surface area (Å²) in [6.45, 7) is -2.96. The molecule has 0 aliphatic heterocycles. The van der Waals surface area contributed by atoms with Crippen molar-refractivity contribution in [3.8, 4) is 16.9 Å². The first-order valence-corrected chi connectivity index (χ1v) is 7.77. The van der Waals surface area contributed by atoms with Crippen LogP contribution in [0, 0.1) is 0 Å². The van der Waals surface area contributed by atoms with Gasteiger partial charge < -0.3 is 4.74 Å². The molecule has 0 radical (unpaired) electrons. The van der Waals surface area contributed by atoms with Crippen molar-refractivity contribution in [1.29, 1.82) is 0 Å². The van der Waals surface area contributed by atoms with Crippen molar-refractivity contribution in [2.24, 2.45) is 0 Å². The van der Waals surface area contributed by atoms with Gasteiger partial charge in [0.15, 0.2) is 0 Å². The Morgan fingerprint density at radius 2 is 1.27 bits per heavy atom. The van der Waals surface area contributed by atoms with Gasteiger partial charge in [-0.1, -0.05) is 69.6 Å². The summed E-state index contributed by atoms with van der Waals surface area (Å²) in [6, 6.07) is 3.90. The number of hydrogen-bond acceptors (Lipinski definition) is 1. The van der Waals surface area contributed by atoms with Crippen molar-refractivity contribution in [3.63, 3.8) is 0 Å². The van der Waals surface area contributed by atoms with E-state index in [2.05, 4.69) is 4.74 Å². The van der Waals surface area contributed by atoms with Crippen molar-refractivity contribution in [1.82, 2.24) is 0 Å². The van der Waals surface area contributed by atoms with Gasteiger partial charge in [0, 0.05) is 11.1 Å². The Hall–Kier alpha value is -0.160. The topological polar surface area (TPSA) is 9.23 Å². The van der Waals surface area contributed by atoms with Crippen LogP contribution in [0.5, 0.6) is 5.75 Å². The molecular weight excluding hydrogens is 423 g/mol. The summed E-state index contributed by atoms with van der Waals surface area (Å²) in [6.07, 6.45) is 0. The molecule has 0 aliphatic rings. The summed E-state index contributed by atoms with van der Waals surface area (Å²) in [5.41, 5.74) is 0.593. The van der Waals surface area contributed by atoms with Crippen molar-refractivity contribution >= 4 is 69.6 Å². The molecule has 0 spiro atoms. The highest BCUT2D eigenvalue weighted by atomic mass is 35.5. The SMILES string of the molecule is FC(F)Oc1ccc(-c2c(Cl)c(Cl)c(Cl)c(Cl)c2Cl)c(Cl)c1. The van der Waals surface area contributed by atoms with Crippen LogP contribution in [-0.2, 0) is 0 Å². The van der Waals surface area contributed by atoms with E-state index in [4.69, 9.17) is 69.6 Å². The van der Waals surface area contributed by atoms with E-state index in [9.17, 15) is 8.78 Å². The number of hydrogen-bond donors (Lipinski definition) is 0. The molecule has 0 atom stereocenters. The van der Waals surface area contributed by atoms with Crippen LogP contribution in [0.25, 0.3) is 11.1 Å². The first kappa shape index (κ1) is 18.2. The smallest absolute Gasteiger partial charge is 0.387 e. The zero-order chi connectivity index (χ0) is 16.6. The number of alkyl halides is 2. The molecule has 0 aromatic heterocycles. The maximum Gasteiger partial charge on any atom is 0.387 e. The van der Waals surface area contributed by atoms with Crippen LogP contribution in [-0.4, -0.2) is 6.61 Å². The lowest BCUT2D eigenvalue weighted by Crippen LogP contribution is -2.01. The van der Waals surface area contributed by atoms with Crippen molar-refractivity contribution < 1.29 is 13.5 Å². The molecule has 0 N–H and O–H groups in total. The van der Waals surface area contributed by atoms with Gasteiger partial charge in [-0.15, -0.1) is 0 Å². The Bertz CT molecular complexity index is 706. The number of ether oxygens (including phenoxy) is 1. The molecule has 9 heteroatoms. The minimum Gasteiger partial charge on any atom is -0.435 e. The van der Waals surface area contributed by atoms with E-state index in [-0.39, 0.29) is 41.4 Å². The summed E-state index contributed by atoms with van der Waals surface area (Å²) in [4.78, 5) is 0. The summed E-state index contributed by atoms with van der Waals surface area (Å²) < 4.78 is 28.7. The number of rotatable bonds is 3. The average molecular weight is 427 g/mol. The molecule has 0 saturated heterocycles. The minimum atomic E-state index is -2.96. The molecule has 118 valence electrons. The van der Waals surface area contributed by atoms with E-state index in [0.717, 1.165) is 0 Å². The lowest BCUT2D eigenvalue weighted by molar-refractivity contribution is -0.0498. The van der Waals surface area contributed by atoms with Gasteiger partial charge >= 0.3 is 6.61 Å². The highest BCUT2D eigenvalue weighted by molar-refractivity contribution is 6.56. The average Bonchev–Trinajstić information content (AvgIpc) is 2.45. The van der Waals surface area contributed by atoms with E-state index in [1.165, 1.54) is 18.2 Å². The van der Waals surface area contributed by atoms with Gasteiger partial charge in [0.05, 0.1) is 30.1 Å². The Morgan fingerprint density at radius 3 is 1.73 bits per heavy atom. The highest BCUT2D eigenvalue weighted by Crippen LogP contribution is 2.49. The van der Waals surface area contributed by atoms with E-state index in [1.807, 2.05) is 0 Å². The van der Waals surface area contributed by atoms with Crippen molar-refractivity contribution in [2.75, 3.05) is 0 Å². The highest BCUT2D eigenvalue weighted by Gasteiger charge is 2.22. The maximum absolute atomic E-state index is 12.2. The minimum absolute atomic E-state index is 0.0101. The van der Waals surface area contributed by atoms with Gasteiger partial charge in [0.1, 0.15) is 5.75 Å². The third-order valence-electron chi connectivity index (χ3n) is 2.64. The zero-order valence-corrected chi connectivity index (χ0v) is 14.8.